The van der Waals surface area contributed by atoms with Gasteiger partial charge in [0, 0.05) is 24.4 Å². The molecule has 0 radical (unpaired) electrons. The van der Waals surface area contributed by atoms with Crippen LogP contribution in [0.2, 0.25) is 0 Å². The number of H-pyrrole nitrogens is 1. The number of nitrogens with zero attached hydrogens (tertiary/aromatic N) is 2. The zero-order valence-corrected chi connectivity index (χ0v) is 17.0. The highest BCUT2D eigenvalue weighted by molar-refractivity contribution is 5.79. The molecule has 1 aliphatic rings. The third-order valence-corrected chi connectivity index (χ3v) is 5.47. The molecule has 2 heterocycles. The molecule has 0 fully saturated rings. The summed E-state index contributed by atoms with van der Waals surface area (Å²) in [5, 5.41) is 0. The summed E-state index contributed by atoms with van der Waals surface area (Å²) in [6, 6.07) is 7.47. The van der Waals surface area contributed by atoms with Crippen LogP contribution < -0.4 is 10.3 Å². The number of aromatic nitrogens is 2. The Hall–Kier alpha value is -2.63. The van der Waals surface area contributed by atoms with Gasteiger partial charge in [-0.15, -0.1) is 0 Å². The first kappa shape index (κ1) is 20.1. The molecule has 6 heteroatoms. The monoisotopic (exact) mass is 383 g/mol. The van der Waals surface area contributed by atoms with Gasteiger partial charge in [-0.1, -0.05) is 38.8 Å². The van der Waals surface area contributed by atoms with E-state index in [1.807, 2.05) is 29.2 Å². The van der Waals surface area contributed by atoms with Crippen molar-refractivity contribution in [3.63, 3.8) is 0 Å². The Labute approximate surface area is 165 Å². The summed E-state index contributed by atoms with van der Waals surface area (Å²) in [6.45, 7) is 5.16. The number of hydrogen-bond acceptors (Lipinski definition) is 4. The number of nitrogens with one attached hydrogen (secondary N) is 1. The minimum atomic E-state index is -0.165. The van der Waals surface area contributed by atoms with Crippen LogP contribution in [-0.2, 0) is 17.8 Å². The Morgan fingerprint density at radius 1 is 1.36 bits per heavy atom. The van der Waals surface area contributed by atoms with Crippen LogP contribution in [0.15, 0.2) is 29.1 Å². The highest BCUT2D eigenvalue weighted by Crippen LogP contribution is 2.24. The summed E-state index contributed by atoms with van der Waals surface area (Å²) in [7, 11) is 1.61. The fourth-order valence-electron chi connectivity index (χ4n) is 3.73. The topological polar surface area (TPSA) is 75.3 Å². The maximum atomic E-state index is 12.9. The molecule has 1 unspecified atom stereocenters. The third-order valence-electron chi connectivity index (χ3n) is 5.47. The number of benzene rings is 1. The van der Waals surface area contributed by atoms with E-state index < -0.39 is 0 Å². The van der Waals surface area contributed by atoms with Gasteiger partial charge in [-0.2, -0.15) is 0 Å². The molecular formula is C22H29N3O3. The number of aromatic amines is 1. The fraction of sp³-hybridized carbons (Fsp3) is 0.500. The molecule has 0 spiro atoms. The van der Waals surface area contributed by atoms with E-state index in [1.165, 1.54) is 0 Å². The Morgan fingerprint density at radius 2 is 2.18 bits per heavy atom. The quantitative estimate of drug-likeness (QED) is 0.793. The Balaban J connectivity index is 1.83. The molecule has 1 aliphatic heterocycles. The van der Waals surface area contributed by atoms with Gasteiger partial charge in [-0.05, 0) is 25.0 Å². The maximum Gasteiger partial charge on any atom is 0.256 e. The van der Waals surface area contributed by atoms with Crippen LogP contribution in [0.5, 0.6) is 5.75 Å². The molecule has 1 aromatic carbocycles. The highest BCUT2D eigenvalue weighted by Gasteiger charge is 2.28. The summed E-state index contributed by atoms with van der Waals surface area (Å²) < 4.78 is 5.26. The SMILES string of the molecule is CCCCC(CC)C(=O)N1CCc2nc(-c3cccc(OC)c3)[nH]c(=O)c2C1. The number of carbonyl (C=O) groups is 1. The molecule has 1 amide bonds. The van der Waals surface area contributed by atoms with E-state index in [1.54, 1.807) is 7.11 Å². The summed E-state index contributed by atoms with van der Waals surface area (Å²) in [4.78, 5) is 35.0. The average Bonchev–Trinajstić information content (AvgIpc) is 2.73. The van der Waals surface area contributed by atoms with Crippen molar-refractivity contribution in [3.8, 4) is 17.1 Å². The number of amides is 1. The largest absolute Gasteiger partial charge is 0.497 e. The third kappa shape index (κ3) is 4.26. The van der Waals surface area contributed by atoms with Crippen molar-refractivity contribution >= 4 is 5.91 Å². The zero-order valence-electron chi connectivity index (χ0n) is 17.0. The summed E-state index contributed by atoms with van der Waals surface area (Å²) in [5.41, 5.74) is 2.04. The zero-order chi connectivity index (χ0) is 20.1. The van der Waals surface area contributed by atoms with Crippen LogP contribution in [0, 0.1) is 5.92 Å². The standard InChI is InChI=1S/C22H29N3O3/c1-4-6-8-15(5-2)22(27)25-12-11-19-18(14-25)21(26)24-20(23-19)16-9-7-10-17(13-16)28-3/h7,9-10,13,15H,4-6,8,11-12,14H2,1-3H3,(H,23,24,26). The number of fused-ring (bicyclic) bond motifs is 1. The first-order chi connectivity index (χ1) is 13.6. The van der Waals surface area contributed by atoms with Crippen molar-refractivity contribution in [1.29, 1.82) is 0 Å². The van der Waals surface area contributed by atoms with Gasteiger partial charge >= 0.3 is 0 Å². The van der Waals surface area contributed by atoms with Gasteiger partial charge < -0.3 is 14.6 Å². The summed E-state index contributed by atoms with van der Waals surface area (Å²) >= 11 is 0. The maximum absolute atomic E-state index is 12.9. The van der Waals surface area contributed by atoms with E-state index in [4.69, 9.17) is 4.74 Å². The number of methoxy groups -OCH3 is 1. The van der Waals surface area contributed by atoms with E-state index in [2.05, 4.69) is 23.8 Å². The Bertz CT molecular complexity index is 891. The van der Waals surface area contributed by atoms with Gasteiger partial charge in [0.2, 0.25) is 5.91 Å². The summed E-state index contributed by atoms with van der Waals surface area (Å²) in [6.07, 6.45) is 4.50. The van der Waals surface area contributed by atoms with Gasteiger partial charge in [-0.25, -0.2) is 4.98 Å². The van der Waals surface area contributed by atoms with Crippen molar-refractivity contribution in [2.24, 2.45) is 5.92 Å². The lowest BCUT2D eigenvalue weighted by Gasteiger charge is -2.31. The molecule has 2 aromatic rings. The van der Waals surface area contributed by atoms with Crippen LogP contribution in [0.1, 0.15) is 50.8 Å². The molecule has 3 rings (SSSR count). The van der Waals surface area contributed by atoms with Crippen LogP contribution in [-0.4, -0.2) is 34.4 Å². The van der Waals surface area contributed by atoms with Crippen molar-refractivity contribution in [1.82, 2.24) is 14.9 Å². The van der Waals surface area contributed by atoms with E-state index in [9.17, 15) is 9.59 Å². The second-order valence-corrected chi connectivity index (χ2v) is 7.33. The number of ether oxygens (including phenoxy) is 1. The van der Waals surface area contributed by atoms with Gasteiger partial charge in [0.15, 0.2) is 0 Å². The molecule has 0 saturated heterocycles. The molecule has 0 saturated carbocycles. The van der Waals surface area contributed by atoms with E-state index in [0.29, 0.717) is 36.6 Å². The predicted octanol–water partition coefficient (Wildman–Crippen LogP) is 3.55. The van der Waals surface area contributed by atoms with Gasteiger partial charge in [0.05, 0.1) is 24.9 Å². The lowest BCUT2D eigenvalue weighted by Crippen LogP contribution is -2.42. The number of hydrogen-bond donors (Lipinski definition) is 1. The minimum Gasteiger partial charge on any atom is -0.497 e. The second-order valence-electron chi connectivity index (χ2n) is 7.33. The van der Waals surface area contributed by atoms with Gasteiger partial charge in [0.1, 0.15) is 11.6 Å². The fourth-order valence-corrected chi connectivity index (χ4v) is 3.73. The van der Waals surface area contributed by atoms with Crippen LogP contribution in [0.25, 0.3) is 11.4 Å². The molecular weight excluding hydrogens is 354 g/mol. The molecule has 1 atom stereocenters. The number of rotatable bonds is 7. The number of unbranched alkanes of at least 4 members (excludes halogenated alkanes) is 1. The van der Waals surface area contributed by atoms with Gasteiger partial charge in [0.25, 0.3) is 5.56 Å². The van der Waals surface area contributed by atoms with Crippen LogP contribution in [0.3, 0.4) is 0 Å². The highest BCUT2D eigenvalue weighted by atomic mass is 16.5. The molecule has 0 aliphatic carbocycles. The average molecular weight is 383 g/mol. The molecule has 150 valence electrons. The molecule has 28 heavy (non-hydrogen) atoms. The van der Waals surface area contributed by atoms with E-state index in [-0.39, 0.29) is 17.4 Å². The molecule has 1 aromatic heterocycles. The molecule has 1 N–H and O–H groups in total. The first-order valence-corrected chi connectivity index (χ1v) is 10.1. The molecule has 0 bridgehead atoms. The smallest absolute Gasteiger partial charge is 0.256 e. The minimum absolute atomic E-state index is 0.0459. The lowest BCUT2D eigenvalue weighted by molar-refractivity contribution is -0.136. The van der Waals surface area contributed by atoms with E-state index >= 15 is 0 Å². The summed E-state index contributed by atoms with van der Waals surface area (Å²) in [5.74, 6) is 1.46. The Kier molecular flexibility index (Phi) is 6.49. The van der Waals surface area contributed by atoms with Crippen molar-refractivity contribution in [2.45, 2.75) is 52.5 Å². The normalized spacial score (nSPS) is 14.5. The van der Waals surface area contributed by atoms with Crippen LogP contribution in [0.4, 0.5) is 0 Å². The Morgan fingerprint density at radius 3 is 2.89 bits per heavy atom. The van der Waals surface area contributed by atoms with Gasteiger partial charge in [-0.3, -0.25) is 9.59 Å². The predicted molar refractivity (Wildman–Crippen MR) is 109 cm³/mol. The second kappa shape index (κ2) is 9.04. The first-order valence-electron chi connectivity index (χ1n) is 10.1. The van der Waals surface area contributed by atoms with Crippen molar-refractivity contribution < 1.29 is 9.53 Å². The van der Waals surface area contributed by atoms with Crippen LogP contribution >= 0.6 is 0 Å². The van der Waals surface area contributed by atoms with E-state index in [0.717, 1.165) is 36.9 Å². The molecule has 6 nitrogen and oxygen atoms in total. The van der Waals surface area contributed by atoms with Crippen molar-refractivity contribution in [3.05, 3.63) is 45.9 Å². The lowest BCUT2D eigenvalue weighted by atomic mass is 9.96. The van der Waals surface area contributed by atoms with Crippen molar-refractivity contribution in [2.75, 3.05) is 13.7 Å². The number of carbonyl (C=O) groups excluding carboxylic acids is 1.